The Labute approximate surface area is 173 Å². The molecule has 2 aromatic carbocycles. The number of hydrogen-bond acceptors (Lipinski definition) is 3. The van der Waals surface area contributed by atoms with Crippen molar-refractivity contribution >= 4 is 43.5 Å². The third-order valence-electron chi connectivity index (χ3n) is 4.13. The summed E-state index contributed by atoms with van der Waals surface area (Å²) < 4.78 is 26.4. The van der Waals surface area contributed by atoms with E-state index in [1.807, 2.05) is 26.0 Å². The number of amides is 1. The highest BCUT2D eigenvalue weighted by atomic mass is 79.9. The molecule has 1 N–H and O–H groups in total. The second kappa shape index (κ2) is 8.73. The van der Waals surface area contributed by atoms with Crippen LogP contribution in [-0.2, 0) is 10.0 Å². The number of rotatable bonds is 6. The van der Waals surface area contributed by atoms with Crippen molar-refractivity contribution in [1.29, 1.82) is 0 Å². The van der Waals surface area contributed by atoms with Gasteiger partial charge in [0.1, 0.15) is 0 Å². The van der Waals surface area contributed by atoms with E-state index in [0.717, 1.165) is 9.87 Å². The Hall–Kier alpha value is -1.41. The lowest BCUT2D eigenvalue weighted by atomic mass is 9.95. The molecule has 27 heavy (non-hydrogen) atoms. The van der Waals surface area contributed by atoms with Crippen LogP contribution in [0.3, 0.4) is 0 Å². The molecule has 1 atom stereocenters. The first-order chi connectivity index (χ1) is 12.5. The maximum absolute atomic E-state index is 12.8. The molecule has 0 aliphatic heterocycles. The minimum atomic E-state index is -3.67. The number of carbonyl (C=O) groups excluding carboxylic acids is 1. The summed E-state index contributed by atoms with van der Waals surface area (Å²) in [5, 5.41) is 3.61. The smallest absolute Gasteiger partial charge is 0.251 e. The van der Waals surface area contributed by atoms with Gasteiger partial charge in [-0.3, -0.25) is 4.79 Å². The van der Waals surface area contributed by atoms with Crippen molar-refractivity contribution < 1.29 is 13.2 Å². The summed E-state index contributed by atoms with van der Waals surface area (Å²) in [5.41, 5.74) is 1.21. The second-order valence-corrected chi connectivity index (χ2v) is 10.1. The quantitative estimate of drug-likeness (QED) is 0.672. The first-order valence-electron chi connectivity index (χ1n) is 8.32. The van der Waals surface area contributed by atoms with Crippen LogP contribution in [0.25, 0.3) is 0 Å². The third-order valence-corrected chi connectivity index (χ3v) is 7.20. The van der Waals surface area contributed by atoms with Crippen molar-refractivity contribution in [2.45, 2.75) is 24.8 Å². The average molecular weight is 474 g/mol. The predicted molar refractivity (Wildman–Crippen MR) is 112 cm³/mol. The number of halogens is 2. The molecule has 0 saturated carbocycles. The molecule has 0 aliphatic rings. The summed E-state index contributed by atoms with van der Waals surface area (Å²) in [7, 11) is -0.777. The monoisotopic (exact) mass is 472 g/mol. The number of benzene rings is 2. The summed E-state index contributed by atoms with van der Waals surface area (Å²) in [6, 6.07) is 11.6. The molecule has 0 heterocycles. The maximum atomic E-state index is 12.8. The molecule has 0 saturated heterocycles. The highest BCUT2D eigenvalue weighted by Crippen LogP contribution is 2.27. The Morgan fingerprint density at radius 1 is 1.11 bits per heavy atom. The lowest BCUT2D eigenvalue weighted by Crippen LogP contribution is -2.32. The Morgan fingerprint density at radius 2 is 1.70 bits per heavy atom. The summed E-state index contributed by atoms with van der Waals surface area (Å²) in [6.45, 7) is 4.01. The van der Waals surface area contributed by atoms with Gasteiger partial charge in [-0.1, -0.05) is 37.6 Å². The Kier molecular flexibility index (Phi) is 7.08. The van der Waals surface area contributed by atoms with Gasteiger partial charge in [-0.05, 0) is 57.7 Å². The molecule has 2 aromatic rings. The van der Waals surface area contributed by atoms with Crippen LogP contribution < -0.4 is 5.32 Å². The molecule has 1 amide bonds. The molecule has 5 nitrogen and oxygen atoms in total. The molecule has 0 radical (unpaired) electrons. The van der Waals surface area contributed by atoms with Crippen LogP contribution in [0, 0.1) is 5.92 Å². The summed E-state index contributed by atoms with van der Waals surface area (Å²) in [4.78, 5) is 12.8. The topological polar surface area (TPSA) is 66.5 Å². The zero-order valence-electron chi connectivity index (χ0n) is 15.5. The van der Waals surface area contributed by atoms with Gasteiger partial charge < -0.3 is 5.32 Å². The molecule has 0 fully saturated rings. The second-order valence-electron chi connectivity index (χ2n) is 6.68. The van der Waals surface area contributed by atoms with Crippen LogP contribution in [0.5, 0.6) is 0 Å². The number of carbonyl (C=O) groups is 1. The molecule has 2 rings (SSSR count). The van der Waals surface area contributed by atoms with Crippen molar-refractivity contribution in [3.63, 3.8) is 0 Å². The van der Waals surface area contributed by atoms with E-state index in [-0.39, 0.29) is 28.3 Å². The minimum absolute atomic E-state index is 0.0488. The minimum Gasteiger partial charge on any atom is -0.345 e. The molecule has 0 bridgehead atoms. The van der Waals surface area contributed by atoms with E-state index in [0.29, 0.717) is 9.50 Å². The van der Waals surface area contributed by atoms with Crippen molar-refractivity contribution in [3.05, 3.63) is 63.1 Å². The van der Waals surface area contributed by atoms with Crippen LogP contribution >= 0.6 is 27.5 Å². The van der Waals surface area contributed by atoms with Gasteiger partial charge in [-0.2, -0.15) is 0 Å². The molecule has 1 unspecified atom stereocenters. The van der Waals surface area contributed by atoms with Gasteiger partial charge in [0, 0.05) is 29.2 Å². The Morgan fingerprint density at radius 3 is 2.22 bits per heavy atom. The van der Waals surface area contributed by atoms with E-state index in [1.54, 1.807) is 24.3 Å². The van der Waals surface area contributed by atoms with Crippen molar-refractivity contribution in [2.75, 3.05) is 14.1 Å². The fraction of sp³-hybridized carbons (Fsp3) is 0.316. The van der Waals surface area contributed by atoms with Gasteiger partial charge in [0.2, 0.25) is 10.0 Å². The lowest BCUT2D eigenvalue weighted by molar-refractivity contribution is 0.0925. The number of sulfonamides is 1. The van der Waals surface area contributed by atoms with Crippen LogP contribution in [0.4, 0.5) is 0 Å². The molecule has 0 aliphatic carbocycles. The normalized spacial score (nSPS) is 13.0. The zero-order valence-corrected chi connectivity index (χ0v) is 18.7. The van der Waals surface area contributed by atoms with E-state index in [4.69, 9.17) is 11.6 Å². The van der Waals surface area contributed by atoms with Gasteiger partial charge in [-0.25, -0.2) is 12.7 Å². The molecule has 0 spiro atoms. The largest absolute Gasteiger partial charge is 0.345 e. The number of nitrogens with zero attached hydrogens (tertiary/aromatic N) is 1. The van der Waals surface area contributed by atoms with Crippen molar-refractivity contribution in [3.8, 4) is 0 Å². The summed E-state index contributed by atoms with van der Waals surface area (Å²) in [5.74, 6) is -0.207. The Bertz CT molecular complexity index is 928. The number of nitrogens with one attached hydrogen (secondary N) is 1. The molecular weight excluding hydrogens is 452 g/mol. The number of hydrogen-bond donors (Lipinski definition) is 1. The predicted octanol–water partition coefficient (Wildman–Crippen LogP) is 4.48. The van der Waals surface area contributed by atoms with E-state index < -0.39 is 10.0 Å². The first-order valence-corrected chi connectivity index (χ1v) is 10.9. The van der Waals surface area contributed by atoms with E-state index >= 15 is 0 Å². The Balaban J connectivity index is 2.35. The molecule has 146 valence electrons. The van der Waals surface area contributed by atoms with Gasteiger partial charge >= 0.3 is 0 Å². The highest BCUT2D eigenvalue weighted by molar-refractivity contribution is 9.10. The fourth-order valence-electron chi connectivity index (χ4n) is 2.57. The van der Waals surface area contributed by atoms with Gasteiger partial charge in [0.05, 0.1) is 10.9 Å². The first kappa shape index (κ1) is 21.9. The molecule has 8 heteroatoms. The maximum Gasteiger partial charge on any atom is 0.251 e. The zero-order chi connectivity index (χ0) is 20.4. The third kappa shape index (κ3) is 5.10. The fourth-order valence-corrected chi connectivity index (χ4v) is 4.54. The van der Waals surface area contributed by atoms with Crippen molar-refractivity contribution in [1.82, 2.24) is 9.62 Å². The summed E-state index contributed by atoms with van der Waals surface area (Å²) in [6.07, 6.45) is 0. The standard InChI is InChI=1S/C19H22BrClN2O3S/c1-12(2)18(13-5-8-15(21)9-6-13)22-19(24)14-7-10-16(20)17(11-14)27(25,26)23(3)4/h5-12,18H,1-4H3,(H,22,24). The van der Waals surface area contributed by atoms with Crippen molar-refractivity contribution in [2.24, 2.45) is 5.92 Å². The average Bonchev–Trinajstić information content (AvgIpc) is 2.60. The van der Waals surface area contributed by atoms with E-state index in [1.165, 1.54) is 20.2 Å². The lowest BCUT2D eigenvalue weighted by Gasteiger charge is -2.23. The SMILES string of the molecule is CC(C)C(NC(=O)c1ccc(Br)c(S(=O)(=O)N(C)C)c1)c1ccc(Cl)cc1. The molecule has 0 aromatic heterocycles. The highest BCUT2D eigenvalue weighted by Gasteiger charge is 2.24. The van der Waals surface area contributed by atoms with E-state index in [9.17, 15) is 13.2 Å². The summed E-state index contributed by atoms with van der Waals surface area (Å²) >= 11 is 9.20. The van der Waals surface area contributed by atoms with Crippen LogP contribution in [-0.4, -0.2) is 32.7 Å². The van der Waals surface area contributed by atoms with Crippen LogP contribution in [0.2, 0.25) is 5.02 Å². The van der Waals surface area contributed by atoms with Gasteiger partial charge in [0.25, 0.3) is 5.91 Å². The van der Waals surface area contributed by atoms with Crippen LogP contribution in [0.1, 0.15) is 35.8 Å². The van der Waals surface area contributed by atoms with Crippen LogP contribution in [0.15, 0.2) is 51.8 Å². The van der Waals surface area contributed by atoms with Gasteiger partial charge in [0.15, 0.2) is 0 Å². The van der Waals surface area contributed by atoms with Gasteiger partial charge in [-0.15, -0.1) is 0 Å². The van der Waals surface area contributed by atoms with E-state index in [2.05, 4.69) is 21.2 Å². The molecular formula is C19H22BrClN2O3S.